The van der Waals surface area contributed by atoms with Gasteiger partial charge in [-0.05, 0) is 6.07 Å². The second-order valence-electron chi connectivity index (χ2n) is 2.02. The molecule has 0 spiro atoms. The maximum atomic E-state index is 9.97. The van der Waals surface area contributed by atoms with Crippen molar-refractivity contribution >= 4 is 12.1 Å². The summed E-state index contributed by atoms with van der Waals surface area (Å²) in [4.78, 5) is 9.97. The summed E-state index contributed by atoms with van der Waals surface area (Å²) in [5.41, 5.74) is 0.806. The van der Waals surface area contributed by atoms with Crippen LogP contribution in [0.4, 0.5) is 5.69 Å². The van der Waals surface area contributed by atoms with Crippen molar-refractivity contribution in [2.45, 2.75) is 0 Å². The van der Waals surface area contributed by atoms with Gasteiger partial charge in [0.25, 0.3) is 0 Å². The third-order valence-electron chi connectivity index (χ3n) is 1.17. The molecular formula is C7H9N2O+. The molecule has 0 aliphatic rings. The molecule has 3 heteroatoms. The number of nitrogens with one attached hydrogen (secondary N) is 1. The first kappa shape index (κ1) is 6.74. The van der Waals surface area contributed by atoms with Crippen LogP contribution in [0.5, 0.6) is 0 Å². The normalized spacial score (nSPS) is 8.90. The highest BCUT2D eigenvalue weighted by Crippen LogP contribution is 1.97. The van der Waals surface area contributed by atoms with Crippen molar-refractivity contribution in [1.29, 1.82) is 0 Å². The van der Waals surface area contributed by atoms with Crippen LogP contribution in [0.1, 0.15) is 0 Å². The summed E-state index contributed by atoms with van der Waals surface area (Å²) in [6.45, 7) is 0. The number of pyridine rings is 1. The molecule has 3 nitrogen and oxygen atoms in total. The first-order chi connectivity index (χ1) is 4.83. The number of nitrogens with zero attached hydrogens (tertiary/aromatic N) is 1. The Balaban J connectivity index is 2.84. The van der Waals surface area contributed by atoms with Gasteiger partial charge >= 0.3 is 0 Å². The average Bonchev–Trinajstić information content (AvgIpc) is 1.88. The van der Waals surface area contributed by atoms with Gasteiger partial charge in [-0.3, -0.25) is 4.79 Å². The third kappa shape index (κ3) is 1.55. The maximum Gasteiger partial charge on any atom is 0.211 e. The van der Waals surface area contributed by atoms with Crippen molar-refractivity contribution in [1.82, 2.24) is 0 Å². The minimum atomic E-state index is 0.662. The maximum absolute atomic E-state index is 9.97. The standard InChI is InChI=1S/C7H8N2O/c1-9-4-2-3-7(5-9)8-6-10/h2-6H,1H3/p+1. The molecule has 0 unspecified atom stereocenters. The lowest BCUT2D eigenvalue weighted by Crippen LogP contribution is -2.26. The van der Waals surface area contributed by atoms with Gasteiger partial charge < -0.3 is 5.32 Å². The molecule has 10 heavy (non-hydrogen) atoms. The van der Waals surface area contributed by atoms with Gasteiger partial charge in [-0.15, -0.1) is 0 Å². The zero-order valence-corrected chi connectivity index (χ0v) is 5.74. The number of aryl methyl sites for hydroxylation is 1. The second kappa shape index (κ2) is 2.96. The minimum Gasteiger partial charge on any atom is -0.324 e. The molecule has 1 rings (SSSR count). The van der Waals surface area contributed by atoms with E-state index in [-0.39, 0.29) is 0 Å². The minimum absolute atomic E-state index is 0.662. The van der Waals surface area contributed by atoms with E-state index in [0.717, 1.165) is 5.69 Å². The number of amides is 1. The Kier molecular flexibility index (Phi) is 1.99. The summed E-state index contributed by atoms with van der Waals surface area (Å²) < 4.78 is 1.87. The van der Waals surface area contributed by atoms with Gasteiger partial charge in [-0.1, -0.05) is 0 Å². The Morgan fingerprint density at radius 3 is 3.10 bits per heavy atom. The first-order valence-electron chi connectivity index (χ1n) is 2.98. The van der Waals surface area contributed by atoms with E-state index in [4.69, 9.17) is 0 Å². The molecule has 0 saturated carbocycles. The summed E-state index contributed by atoms with van der Waals surface area (Å²) in [5, 5.41) is 2.55. The molecule has 0 atom stereocenters. The van der Waals surface area contributed by atoms with Crippen LogP contribution >= 0.6 is 0 Å². The molecule has 0 saturated heterocycles. The third-order valence-corrected chi connectivity index (χ3v) is 1.17. The predicted molar refractivity (Wildman–Crippen MR) is 37.3 cm³/mol. The Bertz CT molecular complexity index is 235. The van der Waals surface area contributed by atoms with E-state index in [2.05, 4.69) is 5.32 Å². The van der Waals surface area contributed by atoms with Gasteiger partial charge in [0.15, 0.2) is 12.4 Å². The van der Waals surface area contributed by atoms with Crippen LogP contribution in [0, 0.1) is 0 Å². The van der Waals surface area contributed by atoms with Crippen molar-refractivity contribution in [3.8, 4) is 0 Å². The molecule has 0 aliphatic heterocycles. The van der Waals surface area contributed by atoms with Crippen LogP contribution in [0.2, 0.25) is 0 Å². The first-order valence-corrected chi connectivity index (χ1v) is 2.98. The van der Waals surface area contributed by atoms with E-state index < -0.39 is 0 Å². The van der Waals surface area contributed by atoms with Crippen molar-refractivity contribution in [2.75, 3.05) is 5.32 Å². The molecule has 1 N–H and O–H groups in total. The number of carbonyl (C=O) groups is 1. The molecule has 1 amide bonds. The highest BCUT2D eigenvalue weighted by molar-refractivity contribution is 5.69. The highest BCUT2D eigenvalue weighted by atomic mass is 16.1. The zero-order valence-electron chi connectivity index (χ0n) is 5.74. The molecule has 1 aromatic heterocycles. The molecule has 1 heterocycles. The largest absolute Gasteiger partial charge is 0.324 e. The van der Waals surface area contributed by atoms with Crippen molar-refractivity contribution in [3.63, 3.8) is 0 Å². The molecule has 52 valence electrons. The Labute approximate surface area is 59.3 Å². The fourth-order valence-electron chi connectivity index (χ4n) is 0.741. The Hall–Kier alpha value is -1.38. The predicted octanol–water partition coefficient (Wildman–Crippen LogP) is 0.0794. The summed E-state index contributed by atoms with van der Waals surface area (Å²) in [6, 6.07) is 3.69. The SMILES string of the molecule is C[n+]1cccc(NC=O)c1. The van der Waals surface area contributed by atoms with Crippen LogP contribution < -0.4 is 9.88 Å². The molecule has 0 bridgehead atoms. The van der Waals surface area contributed by atoms with Crippen molar-refractivity contribution in [2.24, 2.45) is 7.05 Å². The van der Waals surface area contributed by atoms with Gasteiger partial charge in [0, 0.05) is 6.07 Å². The Morgan fingerprint density at radius 1 is 1.70 bits per heavy atom. The lowest BCUT2D eigenvalue weighted by molar-refractivity contribution is -0.670. The van der Waals surface area contributed by atoms with Crippen LogP contribution in [0.3, 0.4) is 0 Å². The lowest BCUT2D eigenvalue weighted by atomic mass is 10.4. The van der Waals surface area contributed by atoms with Crippen molar-refractivity contribution in [3.05, 3.63) is 24.5 Å². The summed E-state index contributed by atoms with van der Waals surface area (Å²) >= 11 is 0. The molecule has 0 radical (unpaired) electrons. The average molecular weight is 137 g/mol. The van der Waals surface area contributed by atoms with E-state index in [1.807, 2.05) is 36.1 Å². The summed E-state index contributed by atoms with van der Waals surface area (Å²) in [7, 11) is 1.90. The van der Waals surface area contributed by atoms with E-state index in [1.165, 1.54) is 0 Å². The number of aromatic nitrogens is 1. The number of rotatable bonds is 2. The highest BCUT2D eigenvalue weighted by Gasteiger charge is 1.93. The fraction of sp³-hybridized carbons (Fsp3) is 0.143. The number of anilines is 1. The van der Waals surface area contributed by atoms with Gasteiger partial charge in [0.05, 0.1) is 0 Å². The fourth-order valence-corrected chi connectivity index (χ4v) is 0.741. The molecule has 1 aromatic rings. The smallest absolute Gasteiger partial charge is 0.211 e. The van der Waals surface area contributed by atoms with E-state index in [9.17, 15) is 4.79 Å². The topological polar surface area (TPSA) is 33.0 Å². The van der Waals surface area contributed by atoms with Gasteiger partial charge in [-0.2, -0.15) is 0 Å². The van der Waals surface area contributed by atoms with Gasteiger partial charge in [-0.25, -0.2) is 4.57 Å². The molecule has 0 aromatic carbocycles. The molecule has 0 fully saturated rings. The second-order valence-corrected chi connectivity index (χ2v) is 2.02. The van der Waals surface area contributed by atoms with Crippen LogP contribution in [0.15, 0.2) is 24.5 Å². The zero-order chi connectivity index (χ0) is 7.40. The Morgan fingerprint density at radius 2 is 2.50 bits per heavy atom. The quantitative estimate of drug-likeness (QED) is 0.454. The molecular weight excluding hydrogens is 128 g/mol. The monoisotopic (exact) mass is 137 g/mol. The van der Waals surface area contributed by atoms with E-state index in [0.29, 0.717) is 6.41 Å². The van der Waals surface area contributed by atoms with Crippen molar-refractivity contribution < 1.29 is 9.36 Å². The number of hydrogen-bond donors (Lipinski definition) is 1. The molecule has 0 aliphatic carbocycles. The summed E-state index contributed by atoms with van der Waals surface area (Å²) in [6.07, 6.45) is 4.39. The van der Waals surface area contributed by atoms with E-state index >= 15 is 0 Å². The summed E-state index contributed by atoms with van der Waals surface area (Å²) in [5.74, 6) is 0. The number of carbonyl (C=O) groups excluding carboxylic acids is 1. The lowest BCUT2D eigenvalue weighted by Gasteiger charge is -1.92. The van der Waals surface area contributed by atoms with Crippen LogP contribution in [-0.2, 0) is 11.8 Å². The van der Waals surface area contributed by atoms with E-state index in [1.54, 1.807) is 0 Å². The number of hydrogen-bond acceptors (Lipinski definition) is 1. The van der Waals surface area contributed by atoms with Crippen LogP contribution in [-0.4, -0.2) is 6.41 Å². The van der Waals surface area contributed by atoms with Crippen LogP contribution in [0.25, 0.3) is 0 Å². The van der Waals surface area contributed by atoms with Gasteiger partial charge in [0.1, 0.15) is 12.7 Å². The van der Waals surface area contributed by atoms with Gasteiger partial charge in [0.2, 0.25) is 6.41 Å².